The van der Waals surface area contributed by atoms with Crippen molar-refractivity contribution in [1.82, 2.24) is 10.6 Å². The zero-order valence-electron chi connectivity index (χ0n) is 8.77. The molecule has 3 heteroatoms. The third kappa shape index (κ3) is 2.45. The van der Waals surface area contributed by atoms with Crippen molar-refractivity contribution >= 4 is 0 Å². The molecule has 0 saturated carbocycles. The summed E-state index contributed by atoms with van der Waals surface area (Å²) >= 11 is 0. The highest BCUT2D eigenvalue weighted by atomic mass is 19.1. The van der Waals surface area contributed by atoms with Gasteiger partial charge >= 0.3 is 0 Å². The van der Waals surface area contributed by atoms with Crippen molar-refractivity contribution in [1.29, 1.82) is 0 Å². The fourth-order valence-corrected chi connectivity index (χ4v) is 2.58. The molecular formula is C11H21FN2. The van der Waals surface area contributed by atoms with E-state index in [1.807, 2.05) is 0 Å². The van der Waals surface area contributed by atoms with Crippen LogP contribution in [0.25, 0.3) is 0 Å². The van der Waals surface area contributed by atoms with Crippen molar-refractivity contribution in [2.24, 2.45) is 0 Å². The molecule has 2 unspecified atom stereocenters. The maximum Gasteiger partial charge on any atom is 0.131 e. The molecule has 0 bridgehead atoms. The standard InChI is InChI=1S/C11H21FN2/c12-11(9-5-1-3-7-13-9)10-6-2-4-8-14-10/h9-11,13-14H,1-8H2. The molecule has 0 spiro atoms. The van der Waals surface area contributed by atoms with Gasteiger partial charge < -0.3 is 10.6 Å². The maximum absolute atomic E-state index is 14.0. The average Bonchev–Trinajstić information content (AvgIpc) is 2.30. The van der Waals surface area contributed by atoms with Gasteiger partial charge in [-0.25, -0.2) is 4.39 Å². The third-order valence-electron chi connectivity index (χ3n) is 3.47. The van der Waals surface area contributed by atoms with Gasteiger partial charge in [0.1, 0.15) is 6.17 Å². The lowest BCUT2D eigenvalue weighted by Gasteiger charge is -2.34. The topological polar surface area (TPSA) is 24.1 Å². The number of nitrogens with one attached hydrogen (secondary N) is 2. The molecule has 0 radical (unpaired) electrons. The second-order valence-electron chi connectivity index (χ2n) is 4.56. The lowest BCUT2D eigenvalue weighted by molar-refractivity contribution is 0.151. The molecule has 0 aromatic rings. The van der Waals surface area contributed by atoms with Crippen LogP contribution >= 0.6 is 0 Å². The largest absolute Gasteiger partial charge is 0.311 e. The van der Waals surface area contributed by atoms with Crippen molar-refractivity contribution in [2.75, 3.05) is 13.1 Å². The minimum atomic E-state index is -0.685. The lowest BCUT2D eigenvalue weighted by atomic mass is 9.92. The molecule has 2 heterocycles. The second-order valence-corrected chi connectivity index (χ2v) is 4.56. The first-order chi connectivity index (χ1) is 6.88. The van der Waals surface area contributed by atoms with Gasteiger partial charge in [0.25, 0.3) is 0 Å². The van der Waals surface area contributed by atoms with E-state index in [1.54, 1.807) is 0 Å². The number of rotatable bonds is 2. The van der Waals surface area contributed by atoms with E-state index in [0.717, 1.165) is 25.9 Å². The summed E-state index contributed by atoms with van der Waals surface area (Å²) in [5, 5.41) is 6.60. The molecule has 14 heavy (non-hydrogen) atoms. The van der Waals surface area contributed by atoms with Crippen LogP contribution in [0.1, 0.15) is 38.5 Å². The summed E-state index contributed by atoms with van der Waals surface area (Å²) in [6.07, 6.45) is 6.13. The Morgan fingerprint density at radius 2 is 1.36 bits per heavy atom. The molecule has 2 saturated heterocycles. The van der Waals surface area contributed by atoms with Gasteiger partial charge in [-0.1, -0.05) is 12.8 Å². The van der Waals surface area contributed by atoms with Gasteiger partial charge in [-0.2, -0.15) is 0 Å². The van der Waals surface area contributed by atoms with Crippen LogP contribution in [0.15, 0.2) is 0 Å². The van der Waals surface area contributed by atoms with E-state index in [1.165, 1.54) is 25.7 Å². The van der Waals surface area contributed by atoms with Gasteiger partial charge in [-0.15, -0.1) is 0 Å². The summed E-state index contributed by atoms with van der Waals surface area (Å²) in [7, 11) is 0. The molecule has 0 aromatic heterocycles. The number of halogens is 1. The first-order valence-electron chi connectivity index (χ1n) is 5.99. The Bertz CT molecular complexity index is 145. The van der Waals surface area contributed by atoms with E-state index >= 15 is 0 Å². The molecule has 0 amide bonds. The minimum absolute atomic E-state index is 0.111. The predicted molar refractivity (Wildman–Crippen MR) is 56.2 cm³/mol. The first-order valence-corrected chi connectivity index (χ1v) is 5.99. The predicted octanol–water partition coefficient (Wildman–Crippen LogP) is 1.61. The first kappa shape index (κ1) is 10.4. The van der Waals surface area contributed by atoms with E-state index in [2.05, 4.69) is 10.6 Å². The molecular weight excluding hydrogens is 179 g/mol. The van der Waals surface area contributed by atoms with Crippen LogP contribution in [0.4, 0.5) is 4.39 Å². The van der Waals surface area contributed by atoms with Crippen molar-refractivity contribution in [3.8, 4) is 0 Å². The zero-order valence-corrected chi connectivity index (χ0v) is 8.77. The van der Waals surface area contributed by atoms with Gasteiger partial charge in [0, 0.05) is 12.1 Å². The lowest BCUT2D eigenvalue weighted by Crippen LogP contribution is -2.52. The fraction of sp³-hybridized carbons (Fsp3) is 1.00. The molecule has 2 aliphatic rings. The molecule has 2 N–H and O–H groups in total. The van der Waals surface area contributed by atoms with E-state index in [-0.39, 0.29) is 12.1 Å². The summed E-state index contributed by atoms with van der Waals surface area (Å²) in [4.78, 5) is 0. The molecule has 0 aliphatic carbocycles. The van der Waals surface area contributed by atoms with Crippen LogP contribution in [0, 0.1) is 0 Å². The second kappa shape index (κ2) is 5.08. The molecule has 2 aliphatic heterocycles. The normalized spacial score (nSPS) is 36.6. The van der Waals surface area contributed by atoms with Gasteiger partial charge in [0.15, 0.2) is 0 Å². The molecule has 2 fully saturated rings. The Morgan fingerprint density at radius 3 is 1.71 bits per heavy atom. The monoisotopic (exact) mass is 200 g/mol. The Hall–Kier alpha value is -0.150. The van der Waals surface area contributed by atoms with Crippen molar-refractivity contribution in [2.45, 2.75) is 56.8 Å². The highest BCUT2D eigenvalue weighted by molar-refractivity contribution is 4.89. The van der Waals surface area contributed by atoms with E-state index in [9.17, 15) is 4.39 Å². The maximum atomic E-state index is 14.0. The van der Waals surface area contributed by atoms with E-state index < -0.39 is 6.17 Å². The van der Waals surface area contributed by atoms with Gasteiger partial charge in [-0.3, -0.25) is 0 Å². The van der Waals surface area contributed by atoms with Gasteiger partial charge in [-0.05, 0) is 38.8 Å². The van der Waals surface area contributed by atoms with Crippen LogP contribution in [0.3, 0.4) is 0 Å². The number of hydrogen-bond acceptors (Lipinski definition) is 2. The van der Waals surface area contributed by atoms with Crippen LogP contribution in [-0.4, -0.2) is 31.3 Å². The number of piperidine rings is 2. The molecule has 0 aromatic carbocycles. The summed E-state index contributed by atoms with van der Waals surface area (Å²) in [6.45, 7) is 2.00. The molecule has 82 valence electrons. The summed E-state index contributed by atoms with van der Waals surface area (Å²) in [6, 6.07) is 0.221. The Kier molecular flexibility index (Phi) is 3.76. The Labute approximate surface area is 85.6 Å². The molecule has 2 nitrogen and oxygen atoms in total. The van der Waals surface area contributed by atoms with Crippen molar-refractivity contribution in [3.05, 3.63) is 0 Å². The smallest absolute Gasteiger partial charge is 0.131 e. The highest BCUT2D eigenvalue weighted by Gasteiger charge is 2.30. The van der Waals surface area contributed by atoms with E-state index in [0.29, 0.717) is 0 Å². The van der Waals surface area contributed by atoms with Crippen LogP contribution in [0.2, 0.25) is 0 Å². The van der Waals surface area contributed by atoms with Crippen LogP contribution in [0.5, 0.6) is 0 Å². The van der Waals surface area contributed by atoms with E-state index in [4.69, 9.17) is 0 Å². The van der Waals surface area contributed by atoms with Gasteiger partial charge in [0.2, 0.25) is 0 Å². The average molecular weight is 200 g/mol. The Morgan fingerprint density at radius 1 is 0.857 bits per heavy atom. The van der Waals surface area contributed by atoms with Crippen LogP contribution in [-0.2, 0) is 0 Å². The number of alkyl halides is 1. The summed E-state index contributed by atoms with van der Waals surface area (Å²) < 4.78 is 14.0. The fourth-order valence-electron chi connectivity index (χ4n) is 2.58. The van der Waals surface area contributed by atoms with Crippen LogP contribution < -0.4 is 10.6 Å². The summed E-state index contributed by atoms with van der Waals surface area (Å²) in [5.41, 5.74) is 0. The van der Waals surface area contributed by atoms with Crippen molar-refractivity contribution < 1.29 is 4.39 Å². The van der Waals surface area contributed by atoms with Gasteiger partial charge in [0.05, 0.1) is 0 Å². The highest BCUT2D eigenvalue weighted by Crippen LogP contribution is 2.20. The SMILES string of the molecule is FC(C1CCCCN1)C1CCCCN1. The zero-order chi connectivity index (χ0) is 9.80. The summed E-state index contributed by atoms with van der Waals surface area (Å²) in [5.74, 6) is 0. The minimum Gasteiger partial charge on any atom is -0.311 e. The Balaban J connectivity index is 1.82. The third-order valence-corrected chi connectivity index (χ3v) is 3.47. The van der Waals surface area contributed by atoms with Crippen molar-refractivity contribution in [3.63, 3.8) is 0 Å². The quantitative estimate of drug-likeness (QED) is 0.707. The molecule has 2 atom stereocenters. The number of hydrogen-bond donors (Lipinski definition) is 2. The molecule has 2 rings (SSSR count).